The van der Waals surface area contributed by atoms with Gasteiger partial charge in [-0.1, -0.05) is 0 Å². The standard InChI is InChI=1S/C6H8O4.C5H15N3/c1-3-5(7)10-4(2)6(8)9-3;6-2-1-4-8-5-3-7/h3-4H,1-2H3;8H,1-7H2. The molecular weight excluding hydrogens is 238 g/mol. The Kier molecular flexibility index (Phi) is 9.17. The van der Waals surface area contributed by atoms with E-state index >= 15 is 0 Å². The fourth-order valence-corrected chi connectivity index (χ4v) is 1.09. The molecule has 1 rings (SSSR count). The van der Waals surface area contributed by atoms with Gasteiger partial charge in [-0.3, -0.25) is 0 Å². The average molecular weight is 261 g/mol. The summed E-state index contributed by atoms with van der Waals surface area (Å²) in [6.07, 6.45) is -0.451. The van der Waals surface area contributed by atoms with E-state index in [4.69, 9.17) is 11.5 Å². The Labute approximate surface area is 107 Å². The summed E-state index contributed by atoms with van der Waals surface area (Å²) in [6.45, 7) is 6.33. The monoisotopic (exact) mass is 261 g/mol. The number of ether oxygens (including phenoxy) is 2. The van der Waals surface area contributed by atoms with E-state index < -0.39 is 24.1 Å². The predicted octanol–water partition coefficient (Wildman–Crippen LogP) is -1.25. The third-order valence-electron chi connectivity index (χ3n) is 2.13. The third-order valence-corrected chi connectivity index (χ3v) is 2.13. The summed E-state index contributed by atoms with van der Waals surface area (Å²) in [5.41, 5.74) is 10.5. The predicted molar refractivity (Wildman–Crippen MR) is 66.7 cm³/mol. The van der Waals surface area contributed by atoms with E-state index in [1.54, 1.807) is 0 Å². The Morgan fingerprint density at radius 2 is 1.50 bits per heavy atom. The van der Waals surface area contributed by atoms with E-state index in [0.717, 1.165) is 26.1 Å². The van der Waals surface area contributed by atoms with E-state index in [2.05, 4.69) is 14.8 Å². The lowest BCUT2D eigenvalue weighted by atomic mass is 10.3. The van der Waals surface area contributed by atoms with Gasteiger partial charge in [-0.25, -0.2) is 9.59 Å². The molecule has 0 aromatic carbocycles. The quantitative estimate of drug-likeness (QED) is 0.418. The molecule has 7 heteroatoms. The van der Waals surface area contributed by atoms with Gasteiger partial charge >= 0.3 is 11.9 Å². The van der Waals surface area contributed by atoms with Crippen molar-refractivity contribution in [1.82, 2.24) is 5.32 Å². The number of carbonyl (C=O) groups is 2. The molecule has 0 aliphatic carbocycles. The van der Waals surface area contributed by atoms with Gasteiger partial charge in [-0.15, -0.1) is 0 Å². The number of hydrogen-bond donors (Lipinski definition) is 3. The number of cyclic esters (lactones) is 2. The molecule has 5 N–H and O–H groups in total. The minimum absolute atomic E-state index is 0.480. The molecule has 0 aromatic heterocycles. The van der Waals surface area contributed by atoms with E-state index in [1.165, 1.54) is 13.8 Å². The maximum Gasteiger partial charge on any atom is 0.347 e. The Hall–Kier alpha value is -1.18. The van der Waals surface area contributed by atoms with Gasteiger partial charge in [0.05, 0.1) is 0 Å². The second kappa shape index (κ2) is 9.81. The van der Waals surface area contributed by atoms with Gasteiger partial charge in [-0.05, 0) is 33.4 Å². The van der Waals surface area contributed by atoms with Gasteiger partial charge < -0.3 is 26.3 Å². The number of hydrogen-bond acceptors (Lipinski definition) is 7. The van der Waals surface area contributed by atoms with Crippen molar-refractivity contribution >= 4 is 11.9 Å². The molecule has 2 atom stereocenters. The average Bonchev–Trinajstić information content (AvgIpc) is 2.33. The van der Waals surface area contributed by atoms with Crippen molar-refractivity contribution in [3.63, 3.8) is 0 Å². The van der Waals surface area contributed by atoms with Gasteiger partial charge in [-0.2, -0.15) is 0 Å². The molecule has 1 fully saturated rings. The van der Waals surface area contributed by atoms with Gasteiger partial charge in [0, 0.05) is 13.1 Å². The smallest absolute Gasteiger partial charge is 0.347 e. The highest BCUT2D eigenvalue weighted by Gasteiger charge is 2.32. The molecule has 0 saturated carbocycles. The zero-order chi connectivity index (χ0) is 14.0. The molecule has 0 spiro atoms. The summed E-state index contributed by atoms with van der Waals surface area (Å²) in [7, 11) is 0. The first-order valence-corrected chi connectivity index (χ1v) is 6.04. The van der Waals surface area contributed by atoms with Gasteiger partial charge in [0.25, 0.3) is 0 Å². The van der Waals surface area contributed by atoms with E-state index in [-0.39, 0.29) is 0 Å². The van der Waals surface area contributed by atoms with Crippen LogP contribution in [-0.4, -0.2) is 50.3 Å². The van der Waals surface area contributed by atoms with Crippen LogP contribution in [0.4, 0.5) is 0 Å². The second-order valence-corrected chi connectivity index (χ2v) is 3.84. The summed E-state index contributed by atoms with van der Waals surface area (Å²) in [5, 5.41) is 3.13. The zero-order valence-corrected chi connectivity index (χ0v) is 11.0. The van der Waals surface area contributed by atoms with Crippen molar-refractivity contribution in [3.05, 3.63) is 0 Å². The molecule has 1 heterocycles. The maximum atomic E-state index is 10.7. The zero-order valence-electron chi connectivity index (χ0n) is 11.0. The summed E-state index contributed by atoms with van der Waals surface area (Å²) in [5.74, 6) is -0.959. The first-order valence-electron chi connectivity index (χ1n) is 6.04. The van der Waals surface area contributed by atoms with Gasteiger partial charge in [0.15, 0.2) is 12.2 Å². The Balaban J connectivity index is 0.000000331. The summed E-state index contributed by atoms with van der Waals surface area (Å²) in [4.78, 5) is 21.3. The highest BCUT2D eigenvalue weighted by molar-refractivity contribution is 5.86. The van der Waals surface area contributed by atoms with Crippen molar-refractivity contribution in [2.75, 3.05) is 26.2 Å². The molecule has 18 heavy (non-hydrogen) atoms. The number of carbonyl (C=O) groups excluding carboxylic acids is 2. The molecule has 106 valence electrons. The molecule has 2 unspecified atom stereocenters. The molecule has 0 bridgehead atoms. The van der Waals surface area contributed by atoms with E-state index in [9.17, 15) is 9.59 Å². The van der Waals surface area contributed by atoms with Crippen LogP contribution in [0, 0.1) is 0 Å². The van der Waals surface area contributed by atoms with E-state index in [1.807, 2.05) is 0 Å². The van der Waals surface area contributed by atoms with Crippen molar-refractivity contribution in [2.45, 2.75) is 32.5 Å². The first-order chi connectivity index (χ1) is 8.52. The van der Waals surface area contributed by atoms with Gasteiger partial charge in [0.1, 0.15) is 0 Å². The maximum absolute atomic E-state index is 10.7. The number of nitrogens with two attached hydrogens (primary N) is 2. The lowest BCUT2D eigenvalue weighted by molar-refractivity contribution is -0.191. The highest BCUT2D eigenvalue weighted by atomic mass is 16.6. The fourth-order valence-electron chi connectivity index (χ4n) is 1.09. The summed E-state index contributed by atoms with van der Waals surface area (Å²) < 4.78 is 9.19. The molecule has 0 amide bonds. The normalized spacial score (nSPS) is 22.7. The number of esters is 2. The van der Waals surface area contributed by atoms with Gasteiger partial charge in [0.2, 0.25) is 0 Å². The number of nitrogens with one attached hydrogen (secondary N) is 1. The van der Waals surface area contributed by atoms with Crippen molar-refractivity contribution in [1.29, 1.82) is 0 Å². The molecule has 0 aromatic rings. The summed E-state index contributed by atoms with van der Waals surface area (Å²) in [6, 6.07) is 0. The molecule has 7 nitrogen and oxygen atoms in total. The van der Waals surface area contributed by atoms with Crippen LogP contribution >= 0.6 is 0 Å². The lowest BCUT2D eigenvalue weighted by Crippen LogP contribution is -2.40. The van der Waals surface area contributed by atoms with E-state index in [0.29, 0.717) is 6.54 Å². The minimum atomic E-state index is -0.747. The largest absolute Gasteiger partial charge is 0.448 e. The van der Waals surface area contributed by atoms with Crippen LogP contribution in [0.25, 0.3) is 0 Å². The number of rotatable bonds is 5. The first kappa shape index (κ1) is 16.8. The fraction of sp³-hybridized carbons (Fsp3) is 0.818. The Bertz CT molecular complexity index is 235. The van der Waals surface area contributed by atoms with Crippen LogP contribution in [-0.2, 0) is 19.1 Å². The Morgan fingerprint density at radius 1 is 1.00 bits per heavy atom. The van der Waals surface area contributed by atoms with Crippen LogP contribution in [0.3, 0.4) is 0 Å². The molecule has 0 radical (unpaired) electrons. The van der Waals surface area contributed by atoms with Crippen LogP contribution in [0.1, 0.15) is 20.3 Å². The molecule has 1 saturated heterocycles. The molecule has 1 aliphatic rings. The topological polar surface area (TPSA) is 117 Å². The molecule has 1 aliphatic heterocycles. The Morgan fingerprint density at radius 3 is 1.89 bits per heavy atom. The summed E-state index contributed by atoms with van der Waals surface area (Å²) >= 11 is 0. The van der Waals surface area contributed by atoms with Crippen LogP contribution < -0.4 is 16.8 Å². The van der Waals surface area contributed by atoms with Crippen molar-refractivity contribution in [3.8, 4) is 0 Å². The van der Waals surface area contributed by atoms with Crippen LogP contribution in [0.5, 0.6) is 0 Å². The highest BCUT2D eigenvalue weighted by Crippen LogP contribution is 2.08. The van der Waals surface area contributed by atoms with Crippen molar-refractivity contribution in [2.24, 2.45) is 11.5 Å². The van der Waals surface area contributed by atoms with Crippen LogP contribution in [0.15, 0.2) is 0 Å². The minimum Gasteiger partial charge on any atom is -0.448 e. The SMILES string of the molecule is CC1OC(=O)C(C)OC1=O.NCCCNCCN. The lowest BCUT2D eigenvalue weighted by Gasteiger charge is -2.22. The molecular formula is C11H23N3O4. The second-order valence-electron chi connectivity index (χ2n) is 3.84. The third kappa shape index (κ3) is 7.21. The van der Waals surface area contributed by atoms with Crippen molar-refractivity contribution < 1.29 is 19.1 Å². The van der Waals surface area contributed by atoms with Crippen LogP contribution in [0.2, 0.25) is 0 Å².